The van der Waals surface area contributed by atoms with Gasteiger partial charge in [-0.05, 0) is 55.0 Å². The van der Waals surface area contributed by atoms with Crippen molar-refractivity contribution in [3.05, 3.63) is 35.4 Å². The monoisotopic (exact) mass is 211 g/mol. The van der Waals surface area contributed by atoms with Gasteiger partial charge in [0, 0.05) is 0 Å². The molecule has 0 radical (unpaired) electrons. The SMILES string of the molecule is NCC1(Cc2cc(F)ccc2F)CCC1. The molecule has 15 heavy (non-hydrogen) atoms. The lowest BCUT2D eigenvalue weighted by molar-refractivity contribution is 0.143. The van der Waals surface area contributed by atoms with Crippen LogP contribution in [0.2, 0.25) is 0 Å². The largest absolute Gasteiger partial charge is 0.330 e. The minimum Gasteiger partial charge on any atom is -0.330 e. The summed E-state index contributed by atoms with van der Waals surface area (Å²) < 4.78 is 26.3. The molecule has 1 aliphatic carbocycles. The van der Waals surface area contributed by atoms with Gasteiger partial charge in [0.2, 0.25) is 0 Å². The van der Waals surface area contributed by atoms with Gasteiger partial charge in [0.1, 0.15) is 11.6 Å². The third-order valence-electron chi connectivity index (χ3n) is 3.42. The molecule has 2 rings (SSSR count). The average Bonchev–Trinajstić information content (AvgIpc) is 2.17. The molecule has 82 valence electrons. The van der Waals surface area contributed by atoms with Crippen LogP contribution in [0.4, 0.5) is 8.78 Å². The van der Waals surface area contributed by atoms with E-state index in [1.807, 2.05) is 0 Å². The van der Waals surface area contributed by atoms with Crippen LogP contribution in [0.25, 0.3) is 0 Å². The number of hydrogen-bond donors (Lipinski definition) is 1. The lowest BCUT2D eigenvalue weighted by Gasteiger charge is -2.41. The Morgan fingerprint density at radius 2 is 2.00 bits per heavy atom. The Labute approximate surface area is 88.3 Å². The van der Waals surface area contributed by atoms with E-state index in [-0.39, 0.29) is 17.0 Å². The van der Waals surface area contributed by atoms with E-state index in [0.717, 1.165) is 25.3 Å². The van der Waals surface area contributed by atoms with Crippen molar-refractivity contribution in [3.8, 4) is 0 Å². The van der Waals surface area contributed by atoms with Gasteiger partial charge in [0.25, 0.3) is 0 Å². The molecule has 0 amide bonds. The van der Waals surface area contributed by atoms with Crippen LogP contribution in [-0.2, 0) is 6.42 Å². The lowest BCUT2D eigenvalue weighted by Crippen LogP contribution is -2.39. The molecule has 0 spiro atoms. The van der Waals surface area contributed by atoms with E-state index in [2.05, 4.69) is 0 Å². The summed E-state index contributed by atoms with van der Waals surface area (Å²) in [6, 6.07) is 3.62. The molecule has 1 fully saturated rings. The third kappa shape index (κ3) is 2.02. The van der Waals surface area contributed by atoms with E-state index in [9.17, 15) is 8.78 Å². The summed E-state index contributed by atoms with van der Waals surface area (Å²) >= 11 is 0. The molecule has 0 heterocycles. The first-order chi connectivity index (χ1) is 7.15. The predicted molar refractivity (Wildman–Crippen MR) is 55.4 cm³/mol. The summed E-state index contributed by atoms with van der Waals surface area (Å²) in [6.45, 7) is 0.558. The van der Waals surface area contributed by atoms with E-state index in [1.54, 1.807) is 0 Å². The van der Waals surface area contributed by atoms with E-state index < -0.39 is 0 Å². The van der Waals surface area contributed by atoms with Gasteiger partial charge in [-0.1, -0.05) is 6.42 Å². The van der Waals surface area contributed by atoms with Gasteiger partial charge in [-0.25, -0.2) is 8.78 Å². The van der Waals surface area contributed by atoms with Crippen LogP contribution in [0.15, 0.2) is 18.2 Å². The molecule has 1 aromatic carbocycles. The van der Waals surface area contributed by atoms with Crippen LogP contribution in [-0.4, -0.2) is 6.54 Å². The minimum absolute atomic E-state index is 0.0225. The fourth-order valence-electron chi connectivity index (χ4n) is 2.21. The van der Waals surface area contributed by atoms with Gasteiger partial charge >= 0.3 is 0 Å². The average molecular weight is 211 g/mol. The molecule has 3 heteroatoms. The van der Waals surface area contributed by atoms with E-state index >= 15 is 0 Å². The van der Waals surface area contributed by atoms with Crippen molar-refractivity contribution in [1.82, 2.24) is 0 Å². The molecule has 0 aliphatic heterocycles. The second-order valence-corrected chi connectivity index (χ2v) is 4.47. The van der Waals surface area contributed by atoms with Crippen molar-refractivity contribution in [1.29, 1.82) is 0 Å². The number of rotatable bonds is 3. The van der Waals surface area contributed by atoms with Crippen molar-refractivity contribution in [3.63, 3.8) is 0 Å². The first-order valence-electron chi connectivity index (χ1n) is 5.29. The molecule has 0 saturated heterocycles. The Kier molecular flexibility index (Phi) is 2.74. The second kappa shape index (κ2) is 3.89. The topological polar surface area (TPSA) is 26.0 Å². The molecular formula is C12H15F2N. The number of hydrogen-bond acceptors (Lipinski definition) is 1. The molecule has 2 N–H and O–H groups in total. The van der Waals surface area contributed by atoms with Crippen molar-refractivity contribution >= 4 is 0 Å². The smallest absolute Gasteiger partial charge is 0.126 e. The highest BCUT2D eigenvalue weighted by molar-refractivity contribution is 5.21. The van der Waals surface area contributed by atoms with Gasteiger partial charge in [-0.2, -0.15) is 0 Å². The first kappa shape index (κ1) is 10.6. The Bertz CT molecular complexity index is 353. The van der Waals surface area contributed by atoms with Crippen LogP contribution in [0.1, 0.15) is 24.8 Å². The molecule has 0 aromatic heterocycles. The van der Waals surface area contributed by atoms with Crippen LogP contribution in [0.5, 0.6) is 0 Å². The van der Waals surface area contributed by atoms with Crippen molar-refractivity contribution in [2.45, 2.75) is 25.7 Å². The first-order valence-corrected chi connectivity index (χ1v) is 5.29. The molecular weight excluding hydrogens is 196 g/mol. The van der Waals surface area contributed by atoms with E-state index in [1.165, 1.54) is 12.1 Å². The summed E-state index contributed by atoms with van der Waals surface area (Å²) in [5, 5.41) is 0. The summed E-state index contributed by atoms with van der Waals surface area (Å²) in [5.41, 5.74) is 6.17. The van der Waals surface area contributed by atoms with Gasteiger partial charge in [-0.3, -0.25) is 0 Å². The second-order valence-electron chi connectivity index (χ2n) is 4.47. The van der Waals surface area contributed by atoms with Gasteiger partial charge < -0.3 is 5.73 Å². The molecule has 1 saturated carbocycles. The molecule has 1 aromatic rings. The maximum atomic E-state index is 13.4. The lowest BCUT2D eigenvalue weighted by atomic mass is 9.65. The maximum Gasteiger partial charge on any atom is 0.126 e. The number of benzene rings is 1. The zero-order chi connectivity index (χ0) is 10.9. The third-order valence-corrected chi connectivity index (χ3v) is 3.42. The number of halogens is 2. The Balaban J connectivity index is 2.19. The van der Waals surface area contributed by atoms with Crippen LogP contribution >= 0.6 is 0 Å². The highest BCUT2D eigenvalue weighted by atomic mass is 19.1. The fraction of sp³-hybridized carbons (Fsp3) is 0.500. The van der Waals surface area contributed by atoms with E-state index in [4.69, 9.17) is 5.73 Å². The molecule has 1 nitrogen and oxygen atoms in total. The highest BCUT2D eigenvalue weighted by Gasteiger charge is 2.36. The normalized spacial score (nSPS) is 18.6. The van der Waals surface area contributed by atoms with Gasteiger partial charge in [0.15, 0.2) is 0 Å². The molecule has 0 bridgehead atoms. The zero-order valence-corrected chi connectivity index (χ0v) is 8.60. The van der Waals surface area contributed by atoms with Crippen LogP contribution < -0.4 is 5.73 Å². The van der Waals surface area contributed by atoms with Crippen LogP contribution in [0, 0.1) is 17.0 Å². The molecule has 0 atom stereocenters. The van der Waals surface area contributed by atoms with Gasteiger partial charge in [-0.15, -0.1) is 0 Å². The summed E-state index contributed by atoms with van der Waals surface area (Å²) in [4.78, 5) is 0. The van der Waals surface area contributed by atoms with Crippen LogP contribution in [0.3, 0.4) is 0 Å². The highest BCUT2D eigenvalue weighted by Crippen LogP contribution is 2.43. The standard InChI is InChI=1S/C12H15F2N/c13-10-2-3-11(14)9(6-10)7-12(8-15)4-1-5-12/h2-3,6H,1,4-5,7-8,15H2. The number of nitrogens with two attached hydrogens (primary N) is 1. The minimum atomic E-state index is -0.377. The quantitative estimate of drug-likeness (QED) is 0.817. The molecule has 0 unspecified atom stereocenters. The van der Waals surface area contributed by atoms with Crippen molar-refractivity contribution in [2.24, 2.45) is 11.1 Å². The van der Waals surface area contributed by atoms with Crippen molar-refractivity contribution < 1.29 is 8.78 Å². The molecule has 1 aliphatic rings. The predicted octanol–water partition coefficient (Wildman–Crippen LogP) is 2.64. The Hall–Kier alpha value is -0.960. The summed E-state index contributed by atoms with van der Waals surface area (Å²) in [6.07, 6.45) is 3.76. The Morgan fingerprint density at radius 1 is 1.27 bits per heavy atom. The van der Waals surface area contributed by atoms with E-state index in [0.29, 0.717) is 18.5 Å². The maximum absolute atomic E-state index is 13.4. The van der Waals surface area contributed by atoms with Crippen molar-refractivity contribution in [2.75, 3.05) is 6.54 Å². The zero-order valence-electron chi connectivity index (χ0n) is 8.60. The summed E-state index contributed by atoms with van der Waals surface area (Å²) in [7, 11) is 0. The van der Waals surface area contributed by atoms with Gasteiger partial charge in [0.05, 0.1) is 0 Å². The summed E-state index contributed by atoms with van der Waals surface area (Å²) in [5.74, 6) is -0.700. The Morgan fingerprint density at radius 3 is 2.53 bits per heavy atom. The fourth-order valence-corrected chi connectivity index (χ4v) is 2.21.